The lowest BCUT2D eigenvalue weighted by atomic mass is 9.81. The Hall–Kier alpha value is -0.280. The number of hydrogen-bond acceptors (Lipinski definition) is 2. The number of aliphatic hydroxyl groups excluding tert-OH is 1. The van der Waals surface area contributed by atoms with Gasteiger partial charge in [-0.25, -0.2) is 0 Å². The molecule has 0 bridgehead atoms. The standard InChI is InChI=1S/C14H18Cl2O2/c1-8-5-10(7-13(8)17)14(2,18)9-3-4-11(15)12(16)6-9/h3-4,6,8,10,13,17-18H,5,7H2,1-2H3/t8-,10+,13-,14-/m1/s1. The van der Waals surface area contributed by atoms with Crippen molar-refractivity contribution in [2.24, 2.45) is 11.8 Å². The van der Waals surface area contributed by atoms with Crippen molar-refractivity contribution in [2.45, 2.75) is 38.4 Å². The molecule has 2 nitrogen and oxygen atoms in total. The van der Waals surface area contributed by atoms with Gasteiger partial charge in [-0.2, -0.15) is 0 Å². The van der Waals surface area contributed by atoms with Gasteiger partial charge in [0.1, 0.15) is 0 Å². The second-order valence-corrected chi connectivity index (χ2v) is 6.30. The van der Waals surface area contributed by atoms with Gasteiger partial charge in [0.2, 0.25) is 0 Å². The molecule has 1 aromatic rings. The summed E-state index contributed by atoms with van der Waals surface area (Å²) in [6, 6.07) is 5.20. The van der Waals surface area contributed by atoms with Crippen LogP contribution in [0.25, 0.3) is 0 Å². The van der Waals surface area contributed by atoms with Crippen molar-refractivity contribution in [3.05, 3.63) is 33.8 Å². The highest BCUT2D eigenvalue weighted by atomic mass is 35.5. The van der Waals surface area contributed by atoms with E-state index in [-0.39, 0.29) is 17.9 Å². The first-order valence-corrected chi connectivity index (χ1v) is 6.94. The summed E-state index contributed by atoms with van der Waals surface area (Å²) in [5.74, 6) is 0.268. The summed E-state index contributed by atoms with van der Waals surface area (Å²) in [5.41, 5.74) is -0.233. The Bertz CT molecular complexity index is 435. The molecule has 0 unspecified atom stereocenters. The second-order valence-electron chi connectivity index (χ2n) is 5.49. The predicted octanol–water partition coefficient (Wildman–Crippen LogP) is 3.61. The van der Waals surface area contributed by atoms with Crippen molar-refractivity contribution in [1.29, 1.82) is 0 Å². The van der Waals surface area contributed by atoms with Crippen molar-refractivity contribution in [2.75, 3.05) is 0 Å². The fourth-order valence-corrected chi connectivity index (χ4v) is 3.03. The highest BCUT2D eigenvalue weighted by Gasteiger charge is 2.41. The van der Waals surface area contributed by atoms with E-state index in [1.165, 1.54) is 0 Å². The number of hydrogen-bond donors (Lipinski definition) is 2. The molecule has 1 saturated carbocycles. The Kier molecular flexibility index (Phi) is 3.93. The molecule has 2 rings (SSSR count). The first-order chi connectivity index (χ1) is 8.32. The summed E-state index contributed by atoms with van der Waals surface area (Å²) in [5, 5.41) is 21.5. The molecule has 1 fully saturated rings. The molecule has 4 heteroatoms. The zero-order valence-corrected chi connectivity index (χ0v) is 12.0. The van der Waals surface area contributed by atoms with Gasteiger partial charge < -0.3 is 10.2 Å². The van der Waals surface area contributed by atoms with Gasteiger partial charge in [-0.3, -0.25) is 0 Å². The van der Waals surface area contributed by atoms with Crippen LogP contribution in [0.15, 0.2) is 18.2 Å². The van der Waals surface area contributed by atoms with Crippen LogP contribution in [0.4, 0.5) is 0 Å². The Morgan fingerprint density at radius 3 is 2.39 bits per heavy atom. The van der Waals surface area contributed by atoms with Crippen LogP contribution in [0.5, 0.6) is 0 Å². The van der Waals surface area contributed by atoms with Crippen LogP contribution in [-0.2, 0) is 5.60 Å². The summed E-state index contributed by atoms with van der Waals surface area (Å²) in [7, 11) is 0. The van der Waals surface area contributed by atoms with Gasteiger partial charge in [-0.15, -0.1) is 0 Å². The molecular formula is C14H18Cl2O2. The fraction of sp³-hybridized carbons (Fsp3) is 0.571. The molecule has 0 radical (unpaired) electrons. The van der Waals surface area contributed by atoms with Crippen molar-refractivity contribution in [1.82, 2.24) is 0 Å². The van der Waals surface area contributed by atoms with Crippen LogP contribution in [-0.4, -0.2) is 16.3 Å². The Labute approximate surface area is 118 Å². The molecule has 1 aliphatic rings. The maximum Gasteiger partial charge on any atom is 0.0898 e. The van der Waals surface area contributed by atoms with Crippen LogP contribution in [0.2, 0.25) is 10.0 Å². The third kappa shape index (κ3) is 2.53. The van der Waals surface area contributed by atoms with E-state index >= 15 is 0 Å². The maximum absolute atomic E-state index is 10.7. The van der Waals surface area contributed by atoms with E-state index in [1.807, 2.05) is 6.92 Å². The quantitative estimate of drug-likeness (QED) is 0.873. The predicted molar refractivity (Wildman–Crippen MR) is 73.9 cm³/mol. The fourth-order valence-electron chi connectivity index (χ4n) is 2.73. The summed E-state index contributed by atoms with van der Waals surface area (Å²) < 4.78 is 0. The lowest BCUT2D eigenvalue weighted by molar-refractivity contribution is -0.00860. The monoisotopic (exact) mass is 288 g/mol. The molecule has 1 aromatic carbocycles. The van der Waals surface area contributed by atoms with E-state index < -0.39 is 5.60 Å². The van der Waals surface area contributed by atoms with Gasteiger partial charge in [0.25, 0.3) is 0 Å². The molecule has 1 aliphatic carbocycles. The first-order valence-electron chi connectivity index (χ1n) is 6.18. The molecule has 0 saturated heterocycles. The molecule has 18 heavy (non-hydrogen) atoms. The van der Waals surface area contributed by atoms with Crippen molar-refractivity contribution >= 4 is 23.2 Å². The summed E-state index contributed by atoms with van der Waals surface area (Å²) in [4.78, 5) is 0. The van der Waals surface area contributed by atoms with Gasteiger partial charge in [-0.05, 0) is 49.3 Å². The molecule has 100 valence electrons. The minimum Gasteiger partial charge on any atom is -0.393 e. The minimum absolute atomic E-state index is 0.0414. The van der Waals surface area contributed by atoms with E-state index in [0.29, 0.717) is 16.5 Å². The third-order valence-electron chi connectivity index (χ3n) is 4.14. The number of aliphatic hydroxyl groups is 2. The minimum atomic E-state index is -0.986. The molecule has 4 atom stereocenters. The van der Waals surface area contributed by atoms with E-state index in [2.05, 4.69) is 0 Å². The SMILES string of the molecule is C[C@@H]1C[C@H]([C@](C)(O)c2ccc(Cl)c(Cl)c2)C[C@H]1O. The maximum atomic E-state index is 10.7. The molecule has 0 spiro atoms. The molecular weight excluding hydrogens is 271 g/mol. The zero-order chi connectivity index (χ0) is 13.5. The van der Waals surface area contributed by atoms with Crippen molar-refractivity contribution in [3.63, 3.8) is 0 Å². The lowest BCUT2D eigenvalue weighted by Crippen LogP contribution is -2.30. The number of benzene rings is 1. The average Bonchev–Trinajstić information content (AvgIpc) is 2.64. The van der Waals surface area contributed by atoms with Gasteiger partial charge >= 0.3 is 0 Å². The van der Waals surface area contributed by atoms with Gasteiger partial charge in [0.05, 0.1) is 21.8 Å². The van der Waals surface area contributed by atoms with Crippen LogP contribution < -0.4 is 0 Å². The van der Waals surface area contributed by atoms with E-state index in [4.69, 9.17) is 23.2 Å². The van der Waals surface area contributed by atoms with Crippen LogP contribution in [0.1, 0.15) is 32.3 Å². The number of rotatable bonds is 2. The normalized spacial score (nSPS) is 31.3. The summed E-state index contributed by atoms with van der Waals surface area (Å²) >= 11 is 11.9. The third-order valence-corrected chi connectivity index (χ3v) is 4.88. The molecule has 0 amide bonds. The molecule has 0 aromatic heterocycles. The van der Waals surface area contributed by atoms with Crippen molar-refractivity contribution in [3.8, 4) is 0 Å². The summed E-state index contributed by atoms with van der Waals surface area (Å²) in [6.07, 6.45) is 1.10. The largest absolute Gasteiger partial charge is 0.393 e. The lowest BCUT2D eigenvalue weighted by Gasteiger charge is -2.31. The topological polar surface area (TPSA) is 40.5 Å². The Morgan fingerprint density at radius 1 is 1.22 bits per heavy atom. The molecule has 0 aliphatic heterocycles. The summed E-state index contributed by atoms with van der Waals surface area (Å²) in [6.45, 7) is 3.79. The molecule has 0 heterocycles. The number of halogens is 2. The first kappa shape index (κ1) is 14.1. The van der Waals surface area contributed by atoms with Crippen LogP contribution in [0, 0.1) is 11.8 Å². The van der Waals surface area contributed by atoms with Gasteiger partial charge in [0.15, 0.2) is 0 Å². The Morgan fingerprint density at radius 2 is 1.89 bits per heavy atom. The van der Waals surface area contributed by atoms with Crippen LogP contribution in [0.3, 0.4) is 0 Å². The van der Waals surface area contributed by atoms with E-state index in [0.717, 1.165) is 12.0 Å². The van der Waals surface area contributed by atoms with E-state index in [1.54, 1.807) is 25.1 Å². The Balaban J connectivity index is 2.27. The highest BCUT2D eigenvalue weighted by molar-refractivity contribution is 6.42. The smallest absolute Gasteiger partial charge is 0.0898 e. The highest BCUT2D eigenvalue weighted by Crippen LogP contribution is 2.43. The zero-order valence-electron chi connectivity index (χ0n) is 10.5. The van der Waals surface area contributed by atoms with E-state index in [9.17, 15) is 10.2 Å². The second kappa shape index (κ2) is 5.01. The van der Waals surface area contributed by atoms with Crippen molar-refractivity contribution < 1.29 is 10.2 Å². The average molecular weight is 289 g/mol. The molecule has 2 N–H and O–H groups in total. The van der Waals surface area contributed by atoms with Crippen LogP contribution >= 0.6 is 23.2 Å². The van der Waals surface area contributed by atoms with Gasteiger partial charge in [-0.1, -0.05) is 36.2 Å². The van der Waals surface area contributed by atoms with Gasteiger partial charge in [0, 0.05) is 0 Å².